The third-order valence-electron chi connectivity index (χ3n) is 4.01. The van der Waals surface area contributed by atoms with Crippen molar-refractivity contribution < 1.29 is 10.2 Å². The number of aliphatic hydroxyl groups is 2. The summed E-state index contributed by atoms with van der Waals surface area (Å²) in [4.78, 5) is 51.1. The summed E-state index contributed by atoms with van der Waals surface area (Å²) in [5.41, 5.74) is 11.0. The minimum atomic E-state index is -1.20. The second-order valence-corrected chi connectivity index (χ2v) is 6.52. The maximum atomic E-state index is 11.5. The van der Waals surface area contributed by atoms with Gasteiger partial charge in [-0.3, -0.25) is 19.6 Å². The number of nitrogen functional groups attached to an aromatic ring is 2. The molecule has 0 radical (unpaired) electrons. The predicted molar refractivity (Wildman–Crippen MR) is 116 cm³/mol. The molecule has 0 fully saturated rings. The Kier molecular flexibility index (Phi) is 6.46. The normalized spacial score (nSPS) is 13.1. The number of nitrogens with one attached hydrogen (secondary N) is 2. The van der Waals surface area contributed by atoms with Gasteiger partial charge in [0, 0.05) is 0 Å². The molecule has 0 aliphatic rings. The van der Waals surface area contributed by atoms with Gasteiger partial charge >= 0.3 is 0 Å². The number of allylic oxidation sites excluding steroid dienone is 1. The summed E-state index contributed by atoms with van der Waals surface area (Å²) in [5.74, 6) is -0.0128. The Balaban J connectivity index is 0.000000182. The number of hydrogen-bond donors (Lipinski definition) is 6. The first-order valence-corrected chi connectivity index (χ1v) is 9.23. The molecule has 4 aromatic heterocycles. The third-order valence-corrected chi connectivity index (χ3v) is 4.01. The van der Waals surface area contributed by atoms with Crippen LogP contribution in [0.1, 0.15) is 31.3 Å². The first-order valence-electron chi connectivity index (χ1n) is 9.23. The molecule has 0 aromatic carbocycles. The fraction of sp³-hybridized carbons (Fsp3) is 0.222. The summed E-state index contributed by atoms with van der Waals surface area (Å²) >= 11 is 0. The molecule has 4 heterocycles. The van der Waals surface area contributed by atoms with Gasteiger partial charge in [0.2, 0.25) is 11.9 Å². The minimum absolute atomic E-state index is 0.0311. The summed E-state index contributed by atoms with van der Waals surface area (Å²) in [6.45, 7) is 3.26. The molecule has 4 rings (SSSR count). The monoisotopic (exact) mass is 440 g/mol. The van der Waals surface area contributed by atoms with Crippen molar-refractivity contribution in [2.45, 2.75) is 26.1 Å². The van der Waals surface area contributed by atoms with E-state index in [1.807, 2.05) is 13.0 Å². The van der Waals surface area contributed by atoms with E-state index in [9.17, 15) is 19.8 Å². The van der Waals surface area contributed by atoms with E-state index in [4.69, 9.17) is 11.5 Å². The standard InChI is InChI=1S/C9H11N5O3.C9H9N5O/c1-3(15)6(16)4-2-11-7-5(12-4)8(17)14-9(10)13-7;1-2-3-5-4-11-7-6(12-5)8(15)14-9(10)13-7/h2-3,6,15-16H,1H3,(H3,10,11,13,14,17);2-4H,1H3,(H3,10,11,13,14,15)/b;3-2-/t3-,6-;/m0./s1. The van der Waals surface area contributed by atoms with Crippen LogP contribution in [0.2, 0.25) is 0 Å². The molecule has 0 bridgehead atoms. The van der Waals surface area contributed by atoms with Crippen LogP contribution in [0.15, 0.2) is 28.1 Å². The number of rotatable bonds is 3. The molecular weight excluding hydrogens is 420 g/mol. The lowest BCUT2D eigenvalue weighted by Gasteiger charge is -2.12. The van der Waals surface area contributed by atoms with Crippen LogP contribution in [0.4, 0.5) is 11.9 Å². The predicted octanol–water partition coefficient (Wildman–Crippen LogP) is -0.962. The first-order chi connectivity index (χ1) is 15.2. The molecule has 0 saturated carbocycles. The Morgan fingerprint density at radius 1 is 0.906 bits per heavy atom. The zero-order valence-corrected chi connectivity index (χ0v) is 17.0. The fourth-order valence-electron chi connectivity index (χ4n) is 2.54. The average Bonchev–Trinajstić information content (AvgIpc) is 2.74. The summed E-state index contributed by atoms with van der Waals surface area (Å²) < 4.78 is 0. The van der Waals surface area contributed by atoms with E-state index in [1.54, 1.807) is 6.08 Å². The molecule has 0 saturated heterocycles. The number of nitrogens with two attached hydrogens (primary N) is 2. The van der Waals surface area contributed by atoms with Crippen molar-refractivity contribution in [1.82, 2.24) is 39.9 Å². The van der Waals surface area contributed by atoms with E-state index < -0.39 is 17.8 Å². The molecule has 0 amide bonds. The topological polar surface area (TPSA) is 236 Å². The number of aliphatic hydroxyl groups excluding tert-OH is 2. The van der Waals surface area contributed by atoms with Gasteiger partial charge in [0.15, 0.2) is 22.3 Å². The van der Waals surface area contributed by atoms with Crippen molar-refractivity contribution in [2.24, 2.45) is 0 Å². The van der Waals surface area contributed by atoms with Crippen LogP contribution in [0.3, 0.4) is 0 Å². The van der Waals surface area contributed by atoms with E-state index in [0.29, 0.717) is 5.69 Å². The molecule has 166 valence electrons. The van der Waals surface area contributed by atoms with Crippen LogP contribution in [-0.2, 0) is 0 Å². The number of H-pyrrole nitrogens is 2. The van der Waals surface area contributed by atoms with Crippen molar-refractivity contribution in [3.63, 3.8) is 0 Å². The Labute approximate surface area is 179 Å². The quantitative estimate of drug-likeness (QED) is 0.226. The highest BCUT2D eigenvalue weighted by Crippen LogP contribution is 2.14. The molecular formula is C18H20N10O4. The highest BCUT2D eigenvalue weighted by atomic mass is 16.3. The Morgan fingerprint density at radius 3 is 1.97 bits per heavy atom. The lowest BCUT2D eigenvalue weighted by Crippen LogP contribution is -2.18. The van der Waals surface area contributed by atoms with Crippen molar-refractivity contribution in [2.75, 3.05) is 11.5 Å². The average molecular weight is 440 g/mol. The summed E-state index contributed by atoms with van der Waals surface area (Å²) in [6.07, 6.45) is 4.13. The third kappa shape index (κ3) is 4.88. The second kappa shape index (κ2) is 9.23. The summed E-state index contributed by atoms with van der Waals surface area (Å²) in [5, 5.41) is 18.8. The lowest BCUT2D eigenvalue weighted by molar-refractivity contribution is 0.0278. The van der Waals surface area contributed by atoms with Crippen LogP contribution in [0.25, 0.3) is 28.4 Å². The van der Waals surface area contributed by atoms with Crippen molar-refractivity contribution in [3.05, 3.63) is 50.6 Å². The molecule has 14 nitrogen and oxygen atoms in total. The molecule has 0 unspecified atom stereocenters. The second-order valence-electron chi connectivity index (χ2n) is 6.52. The zero-order chi connectivity index (χ0) is 23.4. The van der Waals surface area contributed by atoms with Gasteiger partial charge in [0.1, 0.15) is 6.10 Å². The van der Waals surface area contributed by atoms with Gasteiger partial charge in [-0.15, -0.1) is 0 Å². The largest absolute Gasteiger partial charge is 0.390 e. The van der Waals surface area contributed by atoms with Crippen molar-refractivity contribution in [3.8, 4) is 0 Å². The molecule has 0 aliphatic heterocycles. The van der Waals surface area contributed by atoms with E-state index >= 15 is 0 Å². The number of nitrogens with zero attached hydrogens (tertiary/aromatic N) is 6. The van der Waals surface area contributed by atoms with Crippen LogP contribution in [0, 0.1) is 0 Å². The van der Waals surface area contributed by atoms with E-state index in [1.165, 1.54) is 19.3 Å². The zero-order valence-electron chi connectivity index (χ0n) is 17.0. The maximum absolute atomic E-state index is 11.5. The number of fused-ring (bicyclic) bond motifs is 2. The van der Waals surface area contributed by atoms with Gasteiger partial charge in [-0.2, -0.15) is 9.97 Å². The van der Waals surface area contributed by atoms with Crippen molar-refractivity contribution in [1.29, 1.82) is 0 Å². The summed E-state index contributed by atoms with van der Waals surface area (Å²) in [7, 11) is 0. The van der Waals surface area contributed by atoms with Gasteiger partial charge in [-0.25, -0.2) is 19.9 Å². The van der Waals surface area contributed by atoms with E-state index in [2.05, 4.69) is 39.9 Å². The SMILES string of the molecule is C/C=C\c1cnc2nc(N)[nH]c(=O)c2n1.C[C@H](O)[C@H](O)c1cnc2nc(N)[nH]c(=O)c2n1. The lowest BCUT2D eigenvalue weighted by atomic mass is 10.2. The molecule has 8 N–H and O–H groups in total. The molecule has 32 heavy (non-hydrogen) atoms. The van der Waals surface area contributed by atoms with Gasteiger partial charge in [-0.05, 0) is 19.9 Å². The number of aromatic nitrogens is 8. The summed E-state index contributed by atoms with van der Waals surface area (Å²) in [6, 6.07) is 0. The van der Waals surface area contributed by atoms with Crippen LogP contribution in [-0.4, -0.2) is 56.2 Å². The van der Waals surface area contributed by atoms with Crippen LogP contribution in [0.5, 0.6) is 0 Å². The minimum Gasteiger partial charge on any atom is -0.390 e. The number of anilines is 2. The van der Waals surface area contributed by atoms with Gasteiger partial charge in [0.05, 0.1) is 29.9 Å². The molecule has 2 atom stereocenters. The van der Waals surface area contributed by atoms with E-state index in [0.717, 1.165) is 0 Å². The Morgan fingerprint density at radius 2 is 1.44 bits per heavy atom. The fourth-order valence-corrected chi connectivity index (χ4v) is 2.54. The maximum Gasteiger partial charge on any atom is 0.280 e. The van der Waals surface area contributed by atoms with Gasteiger partial charge in [0.25, 0.3) is 11.1 Å². The molecule has 0 spiro atoms. The van der Waals surface area contributed by atoms with Crippen molar-refractivity contribution >= 4 is 40.3 Å². The Hall–Kier alpha value is -4.30. The van der Waals surface area contributed by atoms with Crippen LogP contribution >= 0.6 is 0 Å². The Bertz CT molecular complexity index is 1410. The van der Waals surface area contributed by atoms with E-state index in [-0.39, 0.29) is 45.5 Å². The highest BCUT2D eigenvalue weighted by molar-refractivity contribution is 5.70. The van der Waals surface area contributed by atoms with Gasteiger partial charge in [-0.1, -0.05) is 6.08 Å². The smallest absolute Gasteiger partial charge is 0.280 e. The molecule has 0 aliphatic carbocycles. The van der Waals surface area contributed by atoms with Crippen LogP contribution < -0.4 is 22.6 Å². The number of hydrogen-bond acceptors (Lipinski definition) is 12. The van der Waals surface area contributed by atoms with Gasteiger partial charge < -0.3 is 21.7 Å². The first kappa shape index (κ1) is 22.4. The molecule has 14 heteroatoms. The number of aromatic amines is 2. The highest BCUT2D eigenvalue weighted by Gasteiger charge is 2.17. The molecule has 4 aromatic rings.